The lowest BCUT2D eigenvalue weighted by molar-refractivity contribution is 0.356. The minimum Gasteiger partial charge on any atom is -0.313 e. The Bertz CT molecular complexity index is 512. The highest BCUT2D eigenvalue weighted by molar-refractivity contribution is 7.91. The molecule has 21 heavy (non-hydrogen) atoms. The third-order valence-electron chi connectivity index (χ3n) is 3.17. The fourth-order valence-corrected chi connectivity index (χ4v) is 4.84. The van der Waals surface area contributed by atoms with Gasteiger partial charge in [-0.05, 0) is 50.6 Å². The molecule has 0 radical (unpaired) electrons. The molecule has 0 aromatic carbocycles. The Labute approximate surface area is 133 Å². The number of nitrogens with zero attached hydrogens (tertiary/aromatic N) is 2. The van der Waals surface area contributed by atoms with Gasteiger partial charge >= 0.3 is 0 Å². The summed E-state index contributed by atoms with van der Waals surface area (Å²) in [5.41, 5.74) is 1.03. The Balaban J connectivity index is 2.74. The predicted molar refractivity (Wildman–Crippen MR) is 89.3 cm³/mol. The molecule has 5 nitrogen and oxygen atoms in total. The summed E-state index contributed by atoms with van der Waals surface area (Å²) in [5.74, 6) is 0. The van der Waals surface area contributed by atoms with E-state index in [1.165, 1.54) is 11.3 Å². The first-order valence-electron chi connectivity index (χ1n) is 7.34. The molecule has 1 heterocycles. The van der Waals surface area contributed by atoms with Gasteiger partial charge in [0.05, 0.1) is 0 Å². The SMILES string of the molecule is CCNCc1csc(S(=O)(=O)N(CC)CCCN(C)C)c1. The van der Waals surface area contributed by atoms with Crippen molar-refractivity contribution >= 4 is 21.4 Å². The van der Waals surface area contributed by atoms with Crippen molar-refractivity contribution in [1.29, 1.82) is 0 Å². The Morgan fingerprint density at radius 3 is 2.52 bits per heavy atom. The summed E-state index contributed by atoms with van der Waals surface area (Å²) in [7, 11) is 0.646. The topological polar surface area (TPSA) is 52.7 Å². The molecular weight excluding hydrogens is 306 g/mol. The van der Waals surface area contributed by atoms with Crippen LogP contribution in [0.25, 0.3) is 0 Å². The highest BCUT2D eigenvalue weighted by Crippen LogP contribution is 2.24. The summed E-state index contributed by atoms with van der Waals surface area (Å²) in [4.78, 5) is 2.07. The molecule has 0 fully saturated rings. The van der Waals surface area contributed by atoms with E-state index >= 15 is 0 Å². The van der Waals surface area contributed by atoms with Gasteiger partial charge in [-0.2, -0.15) is 4.31 Å². The maximum absolute atomic E-state index is 12.6. The fraction of sp³-hybridized carbons (Fsp3) is 0.714. The average Bonchev–Trinajstić information content (AvgIpc) is 2.90. The van der Waals surface area contributed by atoms with E-state index < -0.39 is 10.0 Å². The van der Waals surface area contributed by atoms with Gasteiger partial charge in [0.1, 0.15) is 4.21 Å². The van der Waals surface area contributed by atoms with E-state index in [1.54, 1.807) is 10.4 Å². The van der Waals surface area contributed by atoms with Crippen LogP contribution in [0.5, 0.6) is 0 Å². The van der Waals surface area contributed by atoms with Crippen LogP contribution in [0.15, 0.2) is 15.7 Å². The van der Waals surface area contributed by atoms with Crippen LogP contribution in [0.3, 0.4) is 0 Å². The Morgan fingerprint density at radius 1 is 1.24 bits per heavy atom. The number of thiophene rings is 1. The molecule has 1 aromatic rings. The molecule has 0 amide bonds. The van der Waals surface area contributed by atoms with E-state index in [0.717, 1.165) is 31.6 Å². The van der Waals surface area contributed by atoms with E-state index in [1.807, 2.05) is 33.3 Å². The maximum atomic E-state index is 12.6. The normalized spacial score (nSPS) is 12.5. The molecule has 0 atom stereocenters. The highest BCUT2D eigenvalue weighted by atomic mass is 32.2. The summed E-state index contributed by atoms with van der Waals surface area (Å²) >= 11 is 1.31. The minimum absolute atomic E-state index is 0.446. The number of hydrogen-bond acceptors (Lipinski definition) is 5. The van der Waals surface area contributed by atoms with Gasteiger partial charge < -0.3 is 10.2 Å². The van der Waals surface area contributed by atoms with Crippen LogP contribution in [-0.4, -0.2) is 57.9 Å². The van der Waals surface area contributed by atoms with Crippen molar-refractivity contribution in [3.63, 3.8) is 0 Å². The zero-order chi connectivity index (χ0) is 15.9. The molecular formula is C14H27N3O2S2. The number of nitrogens with one attached hydrogen (secondary N) is 1. The lowest BCUT2D eigenvalue weighted by Gasteiger charge is -2.20. The third-order valence-corrected chi connectivity index (χ3v) is 6.61. The average molecular weight is 334 g/mol. The quantitative estimate of drug-likeness (QED) is 0.710. The fourth-order valence-electron chi connectivity index (χ4n) is 1.99. The lowest BCUT2D eigenvalue weighted by Crippen LogP contribution is -2.32. The summed E-state index contributed by atoms with van der Waals surface area (Å²) in [5, 5.41) is 5.13. The number of sulfonamides is 1. The summed E-state index contributed by atoms with van der Waals surface area (Å²) < 4.78 is 27.3. The molecule has 0 bridgehead atoms. The van der Waals surface area contributed by atoms with Crippen molar-refractivity contribution in [2.75, 3.05) is 40.3 Å². The molecule has 7 heteroatoms. The van der Waals surface area contributed by atoms with Gasteiger partial charge in [0, 0.05) is 19.6 Å². The molecule has 0 aliphatic rings. The van der Waals surface area contributed by atoms with Gasteiger partial charge in [0.2, 0.25) is 0 Å². The van der Waals surface area contributed by atoms with Crippen molar-refractivity contribution in [2.24, 2.45) is 0 Å². The van der Waals surface area contributed by atoms with Gasteiger partial charge in [-0.3, -0.25) is 0 Å². The largest absolute Gasteiger partial charge is 0.313 e. The highest BCUT2D eigenvalue weighted by Gasteiger charge is 2.24. The van der Waals surface area contributed by atoms with E-state index in [9.17, 15) is 8.42 Å². The smallest absolute Gasteiger partial charge is 0.252 e. The van der Waals surface area contributed by atoms with Gasteiger partial charge in [-0.25, -0.2) is 8.42 Å². The van der Waals surface area contributed by atoms with Gasteiger partial charge in [-0.15, -0.1) is 11.3 Å². The van der Waals surface area contributed by atoms with Crippen LogP contribution in [-0.2, 0) is 16.6 Å². The van der Waals surface area contributed by atoms with Crippen LogP contribution in [0.4, 0.5) is 0 Å². The summed E-state index contributed by atoms with van der Waals surface area (Å²) in [6, 6.07) is 1.79. The Morgan fingerprint density at radius 2 is 1.95 bits per heavy atom. The zero-order valence-corrected chi connectivity index (χ0v) is 15.1. The molecule has 122 valence electrons. The van der Waals surface area contributed by atoms with Gasteiger partial charge in [-0.1, -0.05) is 13.8 Å². The molecule has 0 saturated heterocycles. The Kier molecular flexibility index (Phi) is 7.83. The summed E-state index contributed by atoms with van der Waals surface area (Å²) in [6.45, 7) is 7.49. The standard InChI is InChI=1S/C14H27N3O2S2/c1-5-15-11-13-10-14(20-12-13)21(18,19)17(6-2)9-7-8-16(3)4/h10,12,15H,5-9,11H2,1-4H3. The van der Waals surface area contributed by atoms with E-state index in [2.05, 4.69) is 10.2 Å². The first-order valence-corrected chi connectivity index (χ1v) is 9.66. The molecule has 1 aromatic heterocycles. The molecule has 1 rings (SSSR count). The molecule has 0 aliphatic heterocycles. The third kappa shape index (κ3) is 5.67. The van der Waals surface area contributed by atoms with Crippen molar-refractivity contribution in [2.45, 2.75) is 31.0 Å². The molecule has 1 N–H and O–H groups in total. The van der Waals surface area contributed by atoms with Gasteiger partial charge in [0.25, 0.3) is 10.0 Å². The van der Waals surface area contributed by atoms with E-state index in [4.69, 9.17) is 0 Å². The van der Waals surface area contributed by atoms with Crippen molar-refractivity contribution in [3.05, 3.63) is 17.0 Å². The molecule has 0 spiro atoms. The van der Waals surface area contributed by atoms with Gasteiger partial charge in [0.15, 0.2) is 0 Å². The molecule has 0 saturated carbocycles. The monoisotopic (exact) mass is 333 g/mol. The molecule has 0 aliphatic carbocycles. The minimum atomic E-state index is -3.35. The van der Waals surface area contributed by atoms with E-state index in [0.29, 0.717) is 17.3 Å². The van der Waals surface area contributed by atoms with E-state index in [-0.39, 0.29) is 0 Å². The summed E-state index contributed by atoms with van der Waals surface area (Å²) in [6.07, 6.45) is 0.843. The number of hydrogen-bond donors (Lipinski definition) is 1. The predicted octanol–water partition coefficient (Wildman–Crippen LogP) is 1.82. The van der Waals surface area contributed by atoms with Crippen LogP contribution in [0.1, 0.15) is 25.8 Å². The second-order valence-corrected chi connectivity index (χ2v) is 8.28. The molecule has 0 unspecified atom stereocenters. The first kappa shape index (κ1) is 18.6. The first-order chi connectivity index (χ1) is 9.91. The second kappa shape index (κ2) is 8.85. The second-order valence-electron chi connectivity index (χ2n) is 5.21. The van der Waals surface area contributed by atoms with Crippen molar-refractivity contribution in [1.82, 2.24) is 14.5 Å². The number of rotatable bonds is 10. The van der Waals surface area contributed by atoms with Crippen molar-refractivity contribution < 1.29 is 8.42 Å². The van der Waals surface area contributed by atoms with Crippen LogP contribution in [0, 0.1) is 0 Å². The Hall–Kier alpha value is -0.470. The van der Waals surface area contributed by atoms with Crippen LogP contribution >= 0.6 is 11.3 Å². The van der Waals surface area contributed by atoms with Crippen molar-refractivity contribution in [3.8, 4) is 0 Å². The maximum Gasteiger partial charge on any atom is 0.252 e. The lowest BCUT2D eigenvalue weighted by atomic mass is 10.3. The van der Waals surface area contributed by atoms with Crippen LogP contribution < -0.4 is 5.32 Å². The zero-order valence-electron chi connectivity index (χ0n) is 13.4. The van der Waals surface area contributed by atoms with Crippen LogP contribution in [0.2, 0.25) is 0 Å².